The smallest absolute Gasteiger partial charge is 0.490 e. The highest BCUT2D eigenvalue weighted by Gasteiger charge is 2.38. The Balaban J connectivity index is 0.000000339. The summed E-state index contributed by atoms with van der Waals surface area (Å²) in [5.41, 5.74) is 1.48. The average molecular weight is 432 g/mol. The first-order chi connectivity index (χ1) is 14.8. The van der Waals surface area contributed by atoms with Gasteiger partial charge in [-0.2, -0.15) is 27.9 Å². The molecule has 4 aromatic rings. The van der Waals surface area contributed by atoms with Crippen molar-refractivity contribution in [1.29, 1.82) is 0 Å². The Morgan fingerprint density at radius 2 is 1.81 bits per heavy atom. The number of benzene rings is 1. The maximum atomic E-state index is 10.6. The summed E-state index contributed by atoms with van der Waals surface area (Å²) < 4.78 is 38.8. The summed E-state index contributed by atoms with van der Waals surface area (Å²) in [4.78, 5) is 22.1. The summed E-state index contributed by atoms with van der Waals surface area (Å²) in [6, 6.07) is 13.2. The number of carboxylic acid groups (broad SMARTS) is 1. The van der Waals surface area contributed by atoms with Gasteiger partial charge in [0.25, 0.3) is 0 Å². The van der Waals surface area contributed by atoms with Crippen molar-refractivity contribution in [2.24, 2.45) is 0 Å². The van der Waals surface area contributed by atoms with Gasteiger partial charge in [-0.25, -0.2) is 14.8 Å². The van der Waals surface area contributed by atoms with Crippen LogP contribution in [-0.2, 0) is 4.79 Å². The number of methoxy groups -OCH3 is 1. The number of alkyl halides is 3. The molecule has 0 aliphatic heterocycles. The third kappa shape index (κ3) is 5.23. The number of rotatable bonds is 4. The predicted molar refractivity (Wildman–Crippen MR) is 104 cm³/mol. The van der Waals surface area contributed by atoms with E-state index in [9.17, 15) is 13.2 Å². The molecular formula is C19H15F3N6O3. The lowest BCUT2D eigenvalue weighted by Gasteiger charge is -2.09. The van der Waals surface area contributed by atoms with E-state index in [0.29, 0.717) is 17.4 Å². The number of aromatic nitrogens is 5. The number of aliphatic carboxylic acids is 1. The van der Waals surface area contributed by atoms with Gasteiger partial charge in [-0.3, -0.25) is 0 Å². The van der Waals surface area contributed by atoms with Gasteiger partial charge in [0.05, 0.1) is 24.4 Å². The molecule has 0 aliphatic carbocycles. The molecule has 160 valence electrons. The van der Waals surface area contributed by atoms with Crippen LogP contribution in [0, 0.1) is 0 Å². The van der Waals surface area contributed by atoms with Gasteiger partial charge in [0.1, 0.15) is 5.75 Å². The lowest BCUT2D eigenvalue weighted by Crippen LogP contribution is -2.21. The summed E-state index contributed by atoms with van der Waals surface area (Å²) in [7, 11) is 1.63. The summed E-state index contributed by atoms with van der Waals surface area (Å²) in [6.45, 7) is 0. The van der Waals surface area contributed by atoms with Crippen molar-refractivity contribution in [3.05, 3.63) is 61.1 Å². The summed E-state index contributed by atoms with van der Waals surface area (Å²) >= 11 is 0. The number of nitrogens with zero attached hydrogens (tertiary/aromatic N) is 5. The molecule has 0 amide bonds. The van der Waals surface area contributed by atoms with Crippen LogP contribution in [0.4, 0.5) is 24.8 Å². The van der Waals surface area contributed by atoms with Crippen molar-refractivity contribution in [1.82, 2.24) is 24.7 Å². The second-order valence-corrected chi connectivity index (χ2v) is 5.85. The van der Waals surface area contributed by atoms with Crippen LogP contribution in [0.15, 0.2) is 61.1 Å². The van der Waals surface area contributed by atoms with Crippen LogP contribution in [0.5, 0.6) is 5.75 Å². The van der Waals surface area contributed by atoms with Crippen LogP contribution in [0.1, 0.15) is 0 Å². The molecule has 12 heteroatoms. The molecule has 0 radical (unpaired) electrons. The van der Waals surface area contributed by atoms with Gasteiger partial charge >= 0.3 is 12.1 Å². The van der Waals surface area contributed by atoms with Crippen molar-refractivity contribution >= 4 is 28.6 Å². The zero-order valence-corrected chi connectivity index (χ0v) is 15.9. The van der Waals surface area contributed by atoms with E-state index >= 15 is 0 Å². The molecular weight excluding hydrogens is 417 g/mol. The van der Waals surface area contributed by atoms with Crippen LogP contribution >= 0.6 is 0 Å². The number of carbonyl (C=O) groups is 1. The fourth-order valence-corrected chi connectivity index (χ4v) is 2.39. The molecule has 0 fully saturated rings. The minimum Gasteiger partial charge on any atom is -0.495 e. The zero-order chi connectivity index (χ0) is 22.4. The van der Waals surface area contributed by atoms with Gasteiger partial charge in [-0.05, 0) is 24.3 Å². The highest BCUT2D eigenvalue weighted by atomic mass is 19.4. The van der Waals surface area contributed by atoms with E-state index in [1.54, 1.807) is 30.4 Å². The van der Waals surface area contributed by atoms with E-state index in [1.165, 1.54) is 0 Å². The molecule has 3 heterocycles. The third-order valence-corrected chi connectivity index (χ3v) is 3.77. The fraction of sp³-hybridized carbons (Fsp3) is 0.105. The highest BCUT2D eigenvalue weighted by molar-refractivity contribution is 5.77. The maximum absolute atomic E-state index is 10.6. The number of ether oxygens (including phenoxy) is 1. The molecule has 0 saturated carbocycles. The lowest BCUT2D eigenvalue weighted by atomic mass is 10.3. The Morgan fingerprint density at radius 3 is 2.45 bits per heavy atom. The monoisotopic (exact) mass is 432 g/mol. The van der Waals surface area contributed by atoms with Crippen molar-refractivity contribution in [3.63, 3.8) is 0 Å². The molecule has 9 nitrogen and oxygen atoms in total. The average Bonchev–Trinajstić information content (AvgIpc) is 3.18. The third-order valence-electron chi connectivity index (χ3n) is 3.77. The van der Waals surface area contributed by atoms with Crippen LogP contribution in [-0.4, -0.2) is 49.1 Å². The van der Waals surface area contributed by atoms with Gasteiger partial charge in [-0.15, -0.1) is 0 Å². The van der Waals surface area contributed by atoms with Gasteiger partial charge in [0.15, 0.2) is 11.5 Å². The lowest BCUT2D eigenvalue weighted by molar-refractivity contribution is -0.192. The SMILES string of the molecule is COc1ccccc1Nc1ncc2cnn(-c3ccccn3)c2n1.O=C(O)C(F)(F)F. The number of fused-ring (bicyclic) bond motifs is 1. The highest BCUT2D eigenvalue weighted by Crippen LogP contribution is 2.26. The molecule has 2 N–H and O–H groups in total. The fourth-order valence-electron chi connectivity index (χ4n) is 2.39. The quantitative estimate of drug-likeness (QED) is 0.503. The number of halogens is 3. The summed E-state index contributed by atoms with van der Waals surface area (Å²) in [5, 5.41) is 15.5. The normalized spacial score (nSPS) is 10.8. The van der Waals surface area contributed by atoms with Crippen LogP contribution < -0.4 is 10.1 Å². The second kappa shape index (κ2) is 9.07. The molecule has 3 aromatic heterocycles. The largest absolute Gasteiger partial charge is 0.495 e. The van der Waals surface area contributed by atoms with E-state index in [2.05, 4.69) is 25.4 Å². The van der Waals surface area contributed by atoms with Crippen molar-refractivity contribution < 1.29 is 27.8 Å². The Morgan fingerprint density at radius 1 is 1.10 bits per heavy atom. The van der Waals surface area contributed by atoms with Crippen LogP contribution in [0.2, 0.25) is 0 Å². The molecule has 0 unspecified atom stereocenters. The Labute approximate surface area is 173 Å². The van der Waals surface area contributed by atoms with E-state index in [1.807, 2.05) is 42.5 Å². The number of anilines is 2. The van der Waals surface area contributed by atoms with Crippen LogP contribution in [0.25, 0.3) is 16.9 Å². The Kier molecular flexibility index (Phi) is 6.29. The van der Waals surface area contributed by atoms with Gasteiger partial charge < -0.3 is 15.2 Å². The topological polar surface area (TPSA) is 115 Å². The Bertz CT molecular complexity index is 1180. The molecule has 1 aromatic carbocycles. The maximum Gasteiger partial charge on any atom is 0.490 e. The Hall–Kier alpha value is -4.22. The minimum absolute atomic E-state index is 0.463. The number of pyridine rings is 1. The first-order valence-electron chi connectivity index (χ1n) is 8.62. The van der Waals surface area contributed by atoms with Gasteiger partial charge in [-0.1, -0.05) is 18.2 Å². The number of nitrogens with one attached hydrogen (secondary N) is 1. The molecule has 0 atom stereocenters. The van der Waals surface area contributed by atoms with E-state index in [4.69, 9.17) is 14.6 Å². The first-order valence-corrected chi connectivity index (χ1v) is 8.62. The van der Waals surface area contributed by atoms with Crippen molar-refractivity contribution in [2.75, 3.05) is 12.4 Å². The number of para-hydroxylation sites is 2. The number of hydrogen-bond donors (Lipinski definition) is 2. The van der Waals surface area contributed by atoms with E-state index in [0.717, 1.165) is 16.8 Å². The van der Waals surface area contributed by atoms with E-state index < -0.39 is 12.1 Å². The molecule has 0 saturated heterocycles. The first kappa shape index (κ1) is 21.5. The van der Waals surface area contributed by atoms with Crippen molar-refractivity contribution in [3.8, 4) is 11.6 Å². The second-order valence-electron chi connectivity index (χ2n) is 5.85. The minimum atomic E-state index is -5.08. The number of carboxylic acids is 1. The number of hydrogen-bond acceptors (Lipinski definition) is 7. The van der Waals surface area contributed by atoms with E-state index in [-0.39, 0.29) is 0 Å². The van der Waals surface area contributed by atoms with Gasteiger partial charge in [0.2, 0.25) is 5.95 Å². The summed E-state index contributed by atoms with van der Waals surface area (Å²) in [6.07, 6.45) is 0.0848. The zero-order valence-electron chi connectivity index (χ0n) is 15.9. The van der Waals surface area contributed by atoms with Crippen LogP contribution in [0.3, 0.4) is 0 Å². The molecule has 31 heavy (non-hydrogen) atoms. The summed E-state index contributed by atoms with van der Waals surface area (Å²) in [5.74, 6) is -0.869. The van der Waals surface area contributed by atoms with Gasteiger partial charge in [0, 0.05) is 12.4 Å². The van der Waals surface area contributed by atoms with Crippen molar-refractivity contribution in [2.45, 2.75) is 6.18 Å². The predicted octanol–water partition coefficient (Wildman–Crippen LogP) is 3.60. The standard InChI is InChI=1S/C17H14N6O.C2HF3O2/c1-24-14-7-3-2-6-13(14)21-17-19-10-12-11-20-23(16(12)22-17)15-8-4-5-9-18-15;3-2(4,5)1(6)7/h2-11H,1H3,(H,19,21,22);(H,6,7). The molecule has 0 spiro atoms. The molecule has 4 rings (SSSR count). The molecule has 0 aliphatic rings. The molecule has 0 bridgehead atoms.